The molecule has 2 atom stereocenters. The standard InChI is InChI=1S/C12H23N/c1-9(2)8-11(13)10-6-5-7-12(10,3)4/h8,10-11H,5-7,13H2,1-4H3. The normalized spacial score (nSPS) is 28.5. The first-order valence-electron chi connectivity index (χ1n) is 5.34. The van der Waals surface area contributed by atoms with Crippen molar-refractivity contribution in [1.29, 1.82) is 0 Å². The minimum absolute atomic E-state index is 0.266. The van der Waals surface area contributed by atoms with Crippen LogP contribution in [0.5, 0.6) is 0 Å². The summed E-state index contributed by atoms with van der Waals surface area (Å²) in [6, 6.07) is 0.266. The van der Waals surface area contributed by atoms with E-state index in [0.29, 0.717) is 11.3 Å². The van der Waals surface area contributed by atoms with Crippen LogP contribution in [0.2, 0.25) is 0 Å². The zero-order chi connectivity index (χ0) is 10.1. The van der Waals surface area contributed by atoms with E-state index in [9.17, 15) is 0 Å². The van der Waals surface area contributed by atoms with Crippen LogP contribution in [-0.2, 0) is 0 Å². The molecule has 1 aliphatic carbocycles. The summed E-state index contributed by atoms with van der Waals surface area (Å²) in [5, 5.41) is 0. The zero-order valence-corrected chi connectivity index (χ0v) is 9.43. The summed E-state index contributed by atoms with van der Waals surface area (Å²) in [7, 11) is 0. The summed E-state index contributed by atoms with van der Waals surface area (Å²) >= 11 is 0. The van der Waals surface area contributed by atoms with E-state index >= 15 is 0 Å². The first-order valence-corrected chi connectivity index (χ1v) is 5.34. The van der Waals surface area contributed by atoms with E-state index in [-0.39, 0.29) is 6.04 Å². The predicted octanol–water partition coefficient (Wildman–Crippen LogP) is 3.11. The van der Waals surface area contributed by atoms with Gasteiger partial charge in [-0.1, -0.05) is 31.9 Å². The second-order valence-corrected chi connectivity index (χ2v) is 5.31. The van der Waals surface area contributed by atoms with Gasteiger partial charge in [0.05, 0.1) is 0 Å². The van der Waals surface area contributed by atoms with E-state index in [1.54, 1.807) is 0 Å². The lowest BCUT2D eigenvalue weighted by atomic mass is 9.77. The summed E-state index contributed by atoms with van der Waals surface area (Å²) in [5.74, 6) is 0.683. The van der Waals surface area contributed by atoms with Crippen LogP contribution in [0.15, 0.2) is 11.6 Å². The van der Waals surface area contributed by atoms with Gasteiger partial charge < -0.3 is 5.73 Å². The Morgan fingerprint density at radius 1 is 1.46 bits per heavy atom. The maximum Gasteiger partial charge on any atom is 0.0260 e. The highest BCUT2D eigenvalue weighted by Gasteiger charge is 2.37. The number of rotatable bonds is 2. The number of hydrogen-bond donors (Lipinski definition) is 1. The molecule has 2 N–H and O–H groups in total. The van der Waals surface area contributed by atoms with Crippen molar-refractivity contribution in [1.82, 2.24) is 0 Å². The predicted molar refractivity (Wildman–Crippen MR) is 58.5 cm³/mol. The van der Waals surface area contributed by atoms with Crippen molar-refractivity contribution in [2.45, 2.75) is 53.0 Å². The summed E-state index contributed by atoms with van der Waals surface area (Å²) in [6.45, 7) is 8.95. The van der Waals surface area contributed by atoms with Crippen LogP contribution >= 0.6 is 0 Å². The first kappa shape index (κ1) is 10.8. The van der Waals surface area contributed by atoms with Crippen LogP contribution in [0.1, 0.15) is 47.0 Å². The number of allylic oxidation sites excluding steroid dienone is 1. The van der Waals surface area contributed by atoms with Gasteiger partial charge in [0.15, 0.2) is 0 Å². The average Bonchev–Trinajstić information content (AvgIpc) is 2.27. The lowest BCUT2D eigenvalue weighted by Crippen LogP contribution is -2.35. The Balaban J connectivity index is 2.66. The molecule has 0 aromatic heterocycles. The third-order valence-corrected chi connectivity index (χ3v) is 3.33. The van der Waals surface area contributed by atoms with Crippen molar-refractivity contribution in [3.63, 3.8) is 0 Å². The van der Waals surface area contributed by atoms with Gasteiger partial charge in [-0.25, -0.2) is 0 Å². The molecule has 0 aromatic carbocycles. The molecule has 0 amide bonds. The minimum Gasteiger partial charge on any atom is -0.324 e. The van der Waals surface area contributed by atoms with Crippen LogP contribution in [0, 0.1) is 11.3 Å². The van der Waals surface area contributed by atoms with E-state index in [4.69, 9.17) is 5.73 Å². The first-order chi connectivity index (χ1) is 5.93. The second kappa shape index (κ2) is 3.83. The fourth-order valence-electron chi connectivity index (χ4n) is 2.57. The van der Waals surface area contributed by atoms with Gasteiger partial charge in [-0.15, -0.1) is 0 Å². The van der Waals surface area contributed by atoms with Crippen molar-refractivity contribution in [3.05, 3.63) is 11.6 Å². The molecule has 1 aliphatic rings. The van der Waals surface area contributed by atoms with E-state index < -0.39 is 0 Å². The molecule has 1 fully saturated rings. The van der Waals surface area contributed by atoms with Gasteiger partial charge in [-0.2, -0.15) is 0 Å². The Labute approximate surface area is 82.4 Å². The van der Waals surface area contributed by atoms with Crippen molar-refractivity contribution in [3.8, 4) is 0 Å². The molecule has 0 saturated heterocycles. The molecule has 0 spiro atoms. The van der Waals surface area contributed by atoms with Crippen LogP contribution in [0.3, 0.4) is 0 Å². The largest absolute Gasteiger partial charge is 0.324 e. The zero-order valence-electron chi connectivity index (χ0n) is 9.43. The van der Waals surface area contributed by atoms with Crippen molar-refractivity contribution >= 4 is 0 Å². The molecule has 76 valence electrons. The molecule has 0 radical (unpaired) electrons. The van der Waals surface area contributed by atoms with Gasteiger partial charge in [0.2, 0.25) is 0 Å². The minimum atomic E-state index is 0.266. The Morgan fingerprint density at radius 2 is 2.08 bits per heavy atom. The smallest absolute Gasteiger partial charge is 0.0260 e. The summed E-state index contributed by atoms with van der Waals surface area (Å²) in [5.41, 5.74) is 7.97. The van der Waals surface area contributed by atoms with Crippen LogP contribution < -0.4 is 5.73 Å². The Kier molecular flexibility index (Phi) is 3.18. The molecule has 1 saturated carbocycles. The molecule has 1 rings (SSSR count). The van der Waals surface area contributed by atoms with Crippen molar-refractivity contribution in [2.24, 2.45) is 17.1 Å². The molecule has 1 heteroatoms. The van der Waals surface area contributed by atoms with E-state index in [2.05, 4.69) is 33.8 Å². The maximum absolute atomic E-state index is 6.18. The van der Waals surface area contributed by atoms with Crippen LogP contribution in [0.4, 0.5) is 0 Å². The topological polar surface area (TPSA) is 26.0 Å². The van der Waals surface area contributed by atoms with E-state index in [1.807, 2.05) is 0 Å². The van der Waals surface area contributed by atoms with Gasteiger partial charge in [0.25, 0.3) is 0 Å². The van der Waals surface area contributed by atoms with Crippen molar-refractivity contribution in [2.75, 3.05) is 0 Å². The quantitative estimate of drug-likeness (QED) is 0.651. The number of nitrogens with two attached hydrogens (primary N) is 1. The highest BCUT2D eigenvalue weighted by atomic mass is 14.7. The van der Waals surface area contributed by atoms with Crippen molar-refractivity contribution < 1.29 is 0 Å². The Hall–Kier alpha value is -0.300. The fourth-order valence-corrected chi connectivity index (χ4v) is 2.57. The van der Waals surface area contributed by atoms with E-state index in [1.165, 1.54) is 24.8 Å². The summed E-state index contributed by atoms with van der Waals surface area (Å²) in [6.07, 6.45) is 6.21. The van der Waals surface area contributed by atoms with Gasteiger partial charge in [-0.3, -0.25) is 0 Å². The highest BCUT2D eigenvalue weighted by Crippen LogP contribution is 2.44. The summed E-state index contributed by atoms with van der Waals surface area (Å²) in [4.78, 5) is 0. The molecule has 2 unspecified atom stereocenters. The van der Waals surface area contributed by atoms with Crippen LogP contribution in [0.25, 0.3) is 0 Å². The number of hydrogen-bond acceptors (Lipinski definition) is 1. The molecule has 0 aromatic rings. The molecule has 0 heterocycles. The lowest BCUT2D eigenvalue weighted by molar-refractivity contribution is 0.240. The average molecular weight is 181 g/mol. The molecule has 0 aliphatic heterocycles. The van der Waals surface area contributed by atoms with Gasteiger partial charge in [0.1, 0.15) is 0 Å². The fraction of sp³-hybridized carbons (Fsp3) is 0.833. The molecular formula is C12H23N. The molecular weight excluding hydrogens is 158 g/mol. The maximum atomic E-state index is 6.18. The molecule has 13 heavy (non-hydrogen) atoms. The third kappa shape index (κ3) is 2.57. The Bertz CT molecular complexity index is 199. The highest BCUT2D eigenvalue weighted by molar-refractivity contribution is 5.05. The van der Waals surface area contributed by atoms with Gasteiger partial charge in [0, 0.05) is 6.04 Å². The Morgan fingerprint density at radius 3 is 2.46 bits per heavy atom. The lowest BCUT2D eigenvalue weighted by Gasteiger charge is -2.30. The van der Waals surface area contributed by atoms with Gasteiger partial charge in [-0.05, 0) is 38.0 Å². The SMILES string of the molecule is CC(C)=CC(N)C1CCCC1(C)C. The molecule has 1 nitrogen and oxygen atoms in total. The summed E-state index contributed by atoms with van der Waals surface area (Å²) < 4.78 is 0. The monoisotopic (exact) mass is 181 g/mol. The molecule has 0 bridgehead atoms. The second-order valence-electron chi connectivity index (χ2n) is 5.31. The van der Waals surface area contributed by atoms with E-state index in [0.717, 1.165) is 0 Å². The van der Waals surface area contributed by atoms with Crippen LogP contribution in [-0.4, -0.2) is 6.04 Å². The third-order valence-electron chi connectivity index (χ3n) is 3.33. The van der Waals surface area contributed by atoms with Gasteiger partial charge >= 0.3 is 0 Å².